The Morgan fingerprint density at radius 3 is 2.40 bits per heavy atom. The number of hydrogen-bond donors (Lipinski definition) is 2. The van der Waals surface area contributed by atoms with Crippen molar-refractivity contribution >= 4 is 34.4 Å². The molecule has 2 aromatic rings. The van der Waals surface area contributed by atoms with E-state index in [0.717, 1.165) is 5.69 Å². The van der Waals surface area contributed by atoms with E-state index in [2.05, 4.69) is 22.1 Å². The first kappa shape index (κ1) is 10.1. The van der Waals surface area contributed by atoms with Crippen molar-refractivity contribution in [1.29, 1.82) is 0 Å². The Labute approximate surface area is 97.7 Å². The quantitative estimate of drug-likeness (QED) is 0.784. The van der Waals surface area contributed by atoms with Crippen LogP contribution in [0.3, 0.4) is 0 Å². The molecule has 0 bridgehead atoms. The van der Waals surface area contributed by atoms with Crippen molar-refractivity contribution in [3.8, 4) is 11.1 Å². The van der Waals surface area contributed by atoms with E-state index in [9.17, 15) is 0 Å². The Morgan fingerprint density at radius 2 is 1.87 bits per heavy atom. The third kappa shape index (κ3) is 2.55. The van der Waals surface area contributed by atoms with Crippen molar-refractivity contribution in [3.63, 3.8) is 0 Å². The van der Waals surface area contributed by atoms with Gasteiger partial charge in [-0.1, -0.05) is 12.1 Å². The zero-order chi connectivity index (χ0) is 10.7. The summed E-state index contributed by atoms with van der Waals surface area (Å²) in [6.07, 6.45) is 0. The first-order chi connectivity index (χ1) is 7.25. The molecule has 0 fully saturated rings. The van der Waals surface area contributed by atoms with Crippen LogP contribution in [0.2, 0.25) is 0 Å². The minimum atomic E-state index is 0.290. The van der Waals surface area contributed by atoms with Gasteiger partial charge in [0, 0.05) is 5.69 Å². The van der Waals surface area contributed by atoms with E-state index in [0.29, 0.717) is 5.11 Å². The average Bonchev–Trinajstić information content (AvgIpc) is 2.71. The lowest BCUT2D eigenvalue weighted by atomic mass is 10.1. The normalized spacial score (nSPS) is 9.87. The smallest absolute Gasteiger partial charge is 0.168 e. The van der Waals surface area contributed by atoms with Gasteiger partial charge in [0.15, 0.2) is 5.11 Å². The highest BCUT2D eigenvalue weighted by molar-refractivity contribution is 7.80. The van der Waals surface area contributed by atoms with Gasteiger partial charge in [0.1, 0.15) is 0 Å². The molecule has 0 saturated carbocycles. The molecule has 1 aromatic carbocycles. The Morgan fingerprint density at radius 1 is 1.13 bits per heavy atom. The highest BCUT2D eigenvalue weighted by atomic mass is 32.1. The lowest BCUT2D eigenvalue weighted by Crippen LogP contribution is -2.18. The molecule has 2 nitrogen and oxygen atoms in total. The molecule has 0 amide bonds. The standard InChI is InChI=1S/C11H10N2S2/c12-11(14)13-10-3-1-8(2-4-10)9-5-6-15-7-9/h1-7H,(H3,12,13,14). The van der Waals surface area contributed by atoms with Gasteiger partial charge >= 0.3 is 0 Å². The van der Waals surface area contributed by atoms with Gasteiger partial charge in [0.2, 0.25) is 0 Å². The predicted octanol–water partition coefficient (Wildman–Crippen LogP) is 3.07. The van der Waals surface area contributed by atoms with Gasteiger partial charge in [-0.25, -0.2) is 0 Å². The van der Waals surface area contributed by atoms with E-state index in [1.165, 1.54) is 11.1 Å². The second-order valence-electron chi connectivity index (χ2n) is 3.08. The van der Waals surface area contributed by atoms with Crippen molar-refractivity contribution in [2.45, 2.75) is 0 Å². The largest absolute Gasteiger partial charge is 0.376 e. The van der Waals surface area contributed by atoms with E-state index in [1.54, 1.807) is 11.3 Å². The van der Waals surface area contributed by atoms with Gasteiger partial charge in [-0.15, -0.1) is 0 Å². The summed E-state index contributed by atoms with van der Waals surface area (Å²) in [5, 5.41) is 7.37. The van der Waals surface area contributed by atoms with Gasteiger partial charge in [0.25, 0.3) is 0 Å². The predicted molar refractivity (Wildman–Crippen MR) is 70.2 cm³/mol. The topological polar surface area (TPSA) is 38.0 Å². The molecule has 2 rings (SSSR count). The minimum absolute atomic E-state index is 0.290. The van der Waals surface area contributed by atoms with Crippen molar-refractivity contribution in [1.82, 2.24) is 0 Å². The highest BCUT2D eigenvalue weighted by Gasteiger charge is 1.98. The summed E-state index contributed by atoms with van der Waals surface area (Å²) < 4.78 is 0. The van der Waals surface area contributed by atoms with Gasteiger partial charge in [0.05, 0.1) is 0 Å². The molecule has 0 saturated heterocycles. The number of rotatable bonds is 2. The molecular formula is C11H10N2S2. The first-order valence-corrected chi connectivity index (χ1v) is 5.80. The molecule has 0 aliphatic heterocycles. The van der Waals surface area contributed by atoms with Crippen LogP contribution in [-0.4, -0.2) is 5.11 Å². The zero-order valence-electron chi connectivity index (χ0n) is 7.94. The molecule has 0 spiro atoms. The number of benzene rings is 1. The van der Waals surface area contributed by atoms with Gasteiger partial charge in [-0.2, -0.15) is 11.3 Å². The van der Waals surface area contributed by atoms with Crippen LogP contribution >= 0.6 is 23.6 Å². The summed E-state index contributed by atoms with van der Waals surface area (Å²) in [6, 6.07) is 10.1. The number of thiophene rings is 1. The third-order valence-corrected chi connectivity index (χ3v) is 2.79. The maximum atomic E-state index is 5.38. The number of nitrogens with one attached hydrogen (secondary N) is 1. The zero-order valence-corrected chi connectivity index (χ0v) is 9.57. The van der Waals surface area contributed by atoms with E-state index < -0.39 is 0 Å². The molecule has 1 aromatic heterocycles. The van der Waals surface area contributed by atoms with Crippen LogP contribution in [0.5, 0.6) is 0 Å². The molecule has 3 N–H and O–H groups in total. The van der Waals surface area contributed by atoms with E-state index in [1.807, 2.05) is 24.3 Å². The second kappa shape index (κ2) is 4.42. The molecule has 0 radical (unpaired) electrons. The molecule has 0 unspecified atom stereocenters. The number of thiocarbonyl (C=S) groups is 1. The Bertz CT molecular complexity index is 446. The molecular weight excluding hydrogens is 224 g/mol. The van der Waals surface area contributed by atoms with Crippen LogP contribution in [0.15, 0.2) is 41.1 Å². The van der Waals surface area contributed by atoms with Crippen molar-refractivity contribution in [2.75, 3.05) is 5.32 Å². The Balaban J connectivity index is 2.21. The summed E-state index contributed by atoms with van der Waals surface area (Å²) in [7, 11) is 0. The molecule has 1 heterocycles. The van der Waals surface area contributed by atoms with Crippen molar-refractivity contribution in [2.24, 2.45) is 5.73 Å². The fourth-order valence-electron chi connectivity index (χ4n) is 1.32. The van der Waals surface area contributed by atoms with E-state index >= 15 is 0 Å². The number of anilines is 1. The maximum Gasteiger partial charge on any atom is 0.168 e. The summed E-state index contributed by atoms with van der Waals surface area (Å²) >= 11 is 6.45. The lowest BCUT2D eigenvalue weighted by molar-refractivity contribution is 1.60. The van der Waals surface area contributed by atoms with Gasteiger partial charge in [-0.3, -0.25) is 0 Å². The summed E-state index contributed by atoms with van der Waals surface area (Å²) in [5.41, 5.74) is 8.73. The number of nitrogens with two attached hydrogens (primary N) is 1. The van der Waals surface area contributed by atoms with Crippen molar-refractivity contribution in [3.05, 3.63) is 41.1 Å². The molecule has 4 heteroatoms. The third-order valence-electron chi connectivity index (χ3n) is 2.01. The fourth-order valence-corrected chi connectivity index (χ4v) is 2.10. The monoisotopic (exact) mass is 234 g/mol. The first-order valence-electron chi connectivity index (χ1n) is 4.45. The van der Waals surface area contributed by atoms with Crippen LogP contribution in [0.25, 0.3) is 11.1 Å². The van der Waals surface area contributed by atoms with Gasteiger partial charge in [-0.05, 0) is 52.3 Å². The van der Waals surface area contributed by atoms with Crippen LogP contribution in [0.1, 0.15) is 0 Å². The molecule has 0 aliphatic carbocycles. The number of hydrogen-bond acceptors (Lipinski definition) is 2. The second-order valence-corrected chi connectivity index (χ2v) is 4.30. The summed E-state index contributed by atoms with van der Waals surface area (Å²) in [6.45, 7) is 0. The maximum absolute atomic E-state index is 5.38. The lowest BCUT2D eigenvalue weighted by Gasteiger charge is -2.04. The minimum Gasteiger partial charge on any atom is -0.376 e. The van der Waals surface area contributed by atoms with Crippen molar-refractivity contribution < 1.29 is 0 Å². The Kier molecular flexibility index (Phi) is 2.99. The van der Waals surface area contributed by atoms with Crippen LogP contribution in [0, 0.1) is 0 Å². The van der Waals surface area contributed by atoms with E-state index in [-0.39, 0.29) is 0 Å². The van der Waals surface area contributed by atoms with Gasteiger partial charge < -0.3 is 11.1 Å². The van der Waals surface area contributed by atoms with Crippen LogP contribution in [0.4, 0.5) is 5.69 Å². The Hall–Kier alpha value is -1.39. The molecule has 0 atom stereocenters. The van der Waals surface area contributed by atoms with E-state index in [4.69, 9.17) is 18.0 Å². The summed E-state index contributed by atoms with van der Waals surface area (Å²) in [4.78, 5) is 0. The summed E-state index contributed by atoms with van der Waals surface area (Å²) in [5.74, 6) is 0. The molecule has 76 valence electrons. The van der Waals surface area contributed by atoms with Crippen LogP contribution in [-0.2, 0) is 0 Å². The average molecular weight is 234 g/mol. The fraction of sp³-hybridized carbons (Fsp3) is 0. The highest BCUT2D eigenvalue weighted by Crippen LogP contribution is 2.23. The molecule has 0 aliphatic rings. The SMILES string of the molecule is NC(=S)Nc1ccc(-c2ccsc2)cc1. The molecule has 15 heavy (non-hydrogen) atoms. The van der Waals surface area contributed by atoms with Crippen LogP contribution < -0.4 is 11.1 Å².